The Hall–Kier alpha value is -3.59. The van der Waals surface area contributed by atoms with Gasteiger partial charge in [-0.15, -0.1) is 0 Å². The van der Waals surface area contributed by atoms with Crippen LogP contribution in [0.5, 0.6) is 5.75 Å². The van der Waals surface area contributed by atoms with E-state index in [0.29, 0.717) is 16.8 Å². The molecule has 4 N–H and O–H groups in total. The van der Waals surface area contributed by atoms with Gasteiger partial charge in [-0.1, -0.05) is 24.3 Å². The molecular weight excluding hydrogens is 474 g/mol. The summed E-state index contributed by atoms with van der Waals surface area (Å²) >= 11 is 0. The number of aliphatic hydroxyl groups excluding tert-OH is 1. The Bertz CT molecular complexity index is 1130. The van der Waals surface area contributed by atoms with Gasteiger partial charge in [-0.25, -0.2) is 4.79 Å². The maximum Gasteiger partial charge on any atom is 0.408 e. The summed E-state index contributed by atoms with van der Waals surface area (Å²) in [7, 11) is 0. The molecule has 0 radical (unpaired) electrons. The molecule has 2 aromatic rings. The fourth-order valence-electron chi connectivity index (χ4n) is 3.83. The number of para-hydroxylation sites is 1. The number of ether oxygens (including phenoxy) is 1. The van der Waals surface area contributed by atoms with Crippen LogP contribution in [0.25, 0.3) is 0 Å². The standard InChI is InChI=1S/C28H39N3O6/c1-17-11-9-10-12-20(17)29-24(34)23(19-13-14-22(33)18(2)15-19)31(27(3,4)5)25(35)21(16-32)30-26(36)37-28(6,7)8/h9-15,21,23,32-33H,16H2,1-8H3,(H,29,34)(H,30,36). The lowest BCUT2D eigenvalue weighted by atomic mass is 9.94. The lowest BCUT2D eigenvalue weighted by molar-refractivity contribution is -0.147. The first-order valence-electron chi connectivity index (χ1n) is 12.1. The van der Waals surface area contributed by atoms with Crippen LogP contribution in [0.3, 0.4) is 0 Å². The predicted molar refractivity (Wildman–Crippen MR) is 142 cm³/mol. The minimum atomic E-state index is -1.36. The number of hydrogen-bond donors (Lipinski definition) is 4. The van der Waals surface area contributed by atoms with Crippen LogP contribution < -0.4 is 10.6 Å². The minimum absolute atomic E-state index is 0.0512. The second kappa shape index (κ2) is 11.6. The van der Waals surface area contributed by atoms with Crippen molar-refractivity contribution in [2.45, 2.75) is 78.6 Å². The molecule has 2 rings (SSSR count). The lowest BCUT2D eigenvalue weighted by Gasteiger charge is -2.43. The molecular formula is C28H39N3O6. The quantitative estimate of drug-likeness (QED) is 0.439. The number of aliphatic hydroxyl groups is 1. The third-order valence-corrected chi connectivity index (χ3v) is 5.58. The Labute approximate surface area is 218 Å². The SMILES string of the molecule is Cc1cc(C(C(=O)Nc2ccccc2C)N(C(=O)C(CO)NC(=O)OC(C)(C)C)C(C)(C)C)ccc1O. The molecule has 202 valence electrons. The van der Waals surface area contributed by atoms with Gasteiger partial charge in [0.1, 0.15) is 23.4 Å². The van der Waals surface area contributed by atoms with E-state index in [9.17, 15) is 24.6 Å². The fraction of sp³-hybridized carbons (Fsp3) is 0.464. The van der Waals surface area contributed by atoms with Crippen LogP contribution in [-0.2, 0) is 14.3 Å². The Morgan fingerprint density at radius 3 is 2.11 bits per heavy atom. The number of phenols is 1. The van der Waals surface area contributed by atoms with Crippen LogP contribution in [0.4, 0.5) is 10.5 Å². The lowest BCUT2D eigenvalue weighted by Crippen LogP contribution is -2.59. The molecule has 0 aliphatic carbocycles. The van der Waals surface area contributed by atoms with Crippen LogP contribution in [0, 0.1) is 13.8 Å². The monoisotopic (exact) mass is 513 g/mol. The number of alkyl carbamates (subject to hydrolysis) is 1. The van der Waals surface area contributed by atoms with Crippen molar-refractivity contribution >= 4 is 23.6 Å². The average molecular weight is 514 g/mol. The first-order valence-corrected chi connectivity index (χ1v) is 12.1. The van der Waals surface area contributed by atoms with Crippen molar-refractivity contribution in [3.63, 3.8) is 0 Å². The maximum absolute atomic E-state index is 13.9. The van der Waals surface area contributed by atoms with E-state index < -0.39 is 47.7 Å². The average Bonchev–Trinajstić information content (AvgIpc) is 2.76. The zero-order chi connectivity index (χ0) is 28.1. The number of anilines is 1. The molecule has 0 aliphatic heterocycles. The molecule has 37 heavy (non-hydrogen) atoms. The number of hydrogen-bond acceptors (Lipinski definition) is 6. The van der Waals surface area contributed by atoms with Crippen molar-refractivity contribution in [2.75, 3.05) is 11.9 Å². The number of nitrogens with zero attached hydrogens (tertiary/aromatic N) is 1. The van der Waals surface area contributed by atoms with Gasteiger partial charge in [0, 0.05) is 11.2 Å². The van der Waals surface area contributed by atoms with E-state index in [2.05, 4.69) is 10.6 Å². The Kier molecular flexibility index (Phi) is 9.33. The van der Waals surface area contributed by atoms with Gasteiger partial charge in [-0.05, 0) is 90.3 Å². The van der Waals surface area contributed by atoms with Crippen molar-refractivity contribution in [3.8, 4) is 5.75 Å². The zero-order valence-corrected chi connectivity index (χ0v) is 22.9. The van der Waals surface area contributed by atoms with E-state index in [1.54, 1.807) is 72.7 Å². The molecule has 9 nitrogen and oxygen atoms in total. The van der Waals surface area contributed by atoms with Crippen LogP contribution >= 0.6 is 0 Å². The van der Waals surface area contributed by atoms with Crippen molar-refractivity contribution in [1.82, 2.24) is 10.2 Å². The van der Waals surface area contributed by atoms with Gasteiger partial charge >= 0.3 is 6.09 Å². The normalized spacial score (nSPS) is 13.3. The second-order valence-corrected chi connectivity index (χ2v) is 11.0. The first-order chi connectivity index (χ1) is 17.0. The molecule has 0 saturated carbocycles. The molecule has 3 amide bonds. The molecule has 2 unspecified atom stereocenters. The third kappa shape index (κ3) is 7.95. The molecule has 0 bridgehead atoms. The summed E-state index contributed by atoms with van der Waals surface area (Å²) in [4.78, 5) is 41.5. The number of benzene rings is 2. The Morgan fingerprint density at radius 2 is 1.59 bits per heavy atom. The van der Waals surface area contributed by atoms with E-state index in [1.807, 2.05) is 19.1 Å². The van der Waals surface area contributed by atoms with Gasteiger partial charge in [-0.3, -0.25) is 9.59 Å². The molecule has 2 atom stereocenters. The molecule has 9 heteroatoms. The number of nitrogens with one attached hydrogen (secondary N) is 2. The number of phenolic OH excluding ortho intramolecular Hbond substituents is 1. The number of carbonyl (C=O) groups is 3. The maximum atomic E-state index is 13.9. The Morgan fingerprint density at radius 1 is 0.973 bits per heavy atom. The van der Waals surface area contributed by atoms with Gasteiger partial charge < -0.3 is 30.5 Å². The summed E-state index contributed by atoms with van der Waals surface area (Å²) in [5, 5.41) is 25.5. The van der Waals surface area contributed by atoms with Crippen LogP contribution in [0.1, 0.15) is 64.3 Å². The van der Waals surface area contributed by atoms with Gasteiger partial charge in [0.05, 0.1) is 6.61 Å². The smallest absolute Gasteiger partial charge is 0.408 e. The number of aryl methyl sites for hydroxylation is 2. The van der Waals surface area contributed by atoms with Gasteiger partial charge in [0.2, 0.25) is 5.91 Å². The highest BCUT2D eigenvalue weighted by Crippen LogP contribution is 2.33. The van der Waals surface area contributed by atoms with Crippen molar-refractivity contribution in [3.05, 3.63) is 59.2 Å². The minimum Gasteiger partial charge on any atom is -0.508 e. The van der Waals surface area contributed by atoms with E-state index >= 15 is 0 Å². The van der Waals surface area contributed by atoms with E-state index in [0.717, 1.165) is 5.56 Å². The molecule has 0 aliphatic rings. The number of carbonyl (C=O) groups excluding carboxylic acids is 3. The third-order valence-electron chi connectivity index (χ3n) is 5.58. The van der Waals surface area contributed by atoms with Crippen LogP contribution in [0.15, 0.2) is 42.5 Å². The topological polar surface area (TPSA) is 128 Å². The summed E-state index contributed by atoms with van der Waals surface area (Å²) < 4.78 is 5.26. The summed E-state index contributed by atoms with van der Waals surface area (Å²) in [5.74, 6) is -1.11. The largest absolute Gasteiger partial charge is 0.508 e. The molecule has 0 aromatic heterocycles. The number of amides is 3. The highest BCUT2D eigenvalue weighted by atomic mass is 16.6. The van der Waals surface area contributed by atoms with Crippen LogP contribution in [-0.4, -0.2) is 56.8 Å². The molecule has 0 spiro atoms. The summed E-state index contributed by atoms with van der Waals surface area (Å²) in [6, 6.07) is 9.43. The van der Waals surface area contributed by atoms with Gasteiger partial charge in [0.15, 0.2) is 0 Å². The van der Waals surface area contributed by atoms with E-state index in [4.69, 9.17) is 4.74 Å². The van der Waals surface area contributed by atoms with Gasteiger partial charge in [0.25, 0.3) is 5.91 Å². The molecule has 0 heterocycles. The van der Waals surface area contributed by atoms with Crippen molar-refractivity contribution < 1.29 is 29.3 Å². The summed E-state index contributed by atoms with van der Waals surface area (Å²) in [6.45, 7) is 13.2. The van der Waals surface area contributed by atoms with Crippen molar-refractivity contribution in [1.29, 1.82) is 0 Å². The van der Waals surface area contributed by atoms with Gasteiger partial charge in [-0.2, -0.15) is 0 Å². The van der Waals surface area contributed by atoms with E-state index in [1.165, 1.54) is 11.0 Å². The summed E-state index contributed by atoms with van der Waals surface area (Å²) in [6.07, 6.45) is -0.866. The molecule has 2 aromatic carbocycles. The second-order valence-electron chi connectivity index (χ2n) is 11.0. The highest BCUT2D eigenvalue weighted by Gasteiger charge is 2.42. The van der Waals surface area contributed by atoms with Crippen molar-refractivity contribution in [2.24, 2.45) is 0 Å². The Balaban J connectivity index is 2.58. The fourth-order valence-corrected chi connectivity index (χ4v) is 3.83. The van der Waals surface area contributed by atoms with Crippen LogP contribution in [0.2, 0.25) is 0 Å². The molecule has 0 saturated heterocycles. The van der Waals surface area contributed by atoms with E-state index in [-0.39, 0.29) is 5.75 Å². The predicted octanol–water partition coefficient (Wildman–Crippen LogP) is 4.20. The highest BCUT2D eigenvalue weighted by molar-refractivity contribution is 5.99. The first kappa shape index (κ1) is 29.6. The number of aromatic hydroxyl groups is 1. The zero-order valence-electron chi connectivity index (χ0n) is 22.9. The molecule has 0 fully saturated rings. The summed E-state index contributed by atoms with van der Waals surface area (Å²) in [5.41, 5.74) is 0.678. The number of rotatable bonds is 7.